The lowest BCUT2D eigenvalue weighted by molar-refractivity contribution is 1.26. The zero-order chi connectivity index (χ0) is 12.0. The molecular weight excluding hydrogens is 220 g/mol. The molecule has 0 fully saturated rings. The van der Waals surface area contributed by atoms with Gasteiger partial charge in [-0.15, -0.1) is 0 Å². The van der Waals surface area contributed by atoms with Gasteiger partial charge in [0.05, 0.1) is 8.07 Å². The van der Waals surface area contributed by atoms with Gasteiger partial charge in [-0.05, 0) is 28.7 Å². The van der Waals surface area contributed by atoms with E-state index in [1.54, 1.807) is 10.8 Å². The molecule has 0 amide bonds. The fourth-order valence-corrected chi connectivity index (χ4v) is 4.46. The van der Waals surface area contributed by atoms with Crippen LogP contribution in [0.1, 0.15) is 11.1 Å². The van der Waals surface area contributed by atoms with Gasteiger partial charge in [-0.1, -0.05) is 67.3 Å². The lowest BCUT2D eigenvalue weighted by Gasteiger charge is -2.21. The maximum Gasteiger partial charge on any atom is 0.0784 e. The molecule has 0 spiro atoms. The molecule has 1 aliphatic carbocycles. The predicted molar refractivity (Wildman–Crippen MR) is 77.7 cm³/mol. The average Bonchev–Trinajstić information content (AvgIpc) is 2.65. The second-order valence-corrected chi connectivity index (χ2v) is 11.0. The van der Waals surface area contributed by atoms with Gasteiger partial charge in [0.25, 0.3) is 0 Å². The third-order valence-corrected chi connectivity index (χ3v) is 5.66. The molecule has 2 aromatic carbocycles. The highest BCUT2D eigenvalue weighted by molar-refractivity contribution is 6.89. The van der Waals surface area contributed by atoms with Crippen molar-refractivity contribution in [3.8, 4) is 11.1 Å². The first kappa shape index (κ1) is 10.8. The SMILES string of the molecule is C[Si](C)(C)c1cccc2c1-c1ccccc1C2. The van der Waals surface area contributed by atoms with Gasteiger partial charge in [0, 0.05) is 0 Å². The number of fused-ring (bicyclic) bond motifs is 3. The Morgan fingerprint density at radius 1 is 0.824 bits per heavy atom. The second-order valence-electron chi connectivity index (χ2n) is 5.92. The minimum Gasteiger partial charge on any atom is -0.0656 e. The predicted octanol–water partition coefficient (Wildman–Crippen LogP) is 3.80. The Morgan fingerprint density at radius 3 is 2.29 bits per heavy atom. The summed E-state index contributed by atoms with van der Waals surface area (Å²) >= 11 is 0. The van der Waals surface area contributed by atoms with E-state index in [4.69, 9.17) is 0 Å². The van der Waals surface area contributed by atoms with Crippen LogP contribution in [-0.2, 0) is 6.42 Å². The van der Waals surface area contributed by atoms with Crippen molar-refractivity contribution >= 4 is 13.3 Å². The molecule has 2 aromatic rings. The third-order valence-electron chi connectivity index (χ3n) is 3.63. The van der Waals surface area contributed by atoms with Crippen molar-refractivity contribution in [1.29, 1.82) is 0 Å². The first-order chi connectivity index (χ1) is 8.07. The monoisotopic (exact) mass is 238 g/mol. The van der Waals surface area contributed by atoms with Crippen LogP contribution in [0, 0.1) is 0 Å². The highest BCUT2D eigenvalue weighted by Crippen LogP contribution is 2.36. The number of hydrogen-bond acceptors (Lipinski definition) is 0. The van der Waals surface area contributed by atoms with E-state index in [9.17, 15) is 0 Å². The lowest BCUT2D eigenvalue weighted by Crippen LogP contribution is -2.39. The van der Waals surface area contributed by atoms with Crippen LogP contribution >= 0.6 is 0 Å². The van der Waals surface area contributed by atoms with Crippen molar-refractivity contribution in [2.45, 2.75) is 26.1 Å². The maximum absolute atomic E-state index is 2.43. The van der Waals surface area contributed by atoms with Crippen LogP contribution in [0.5, 0.6) is 0 Å². The Balaban J connectivity index is 2.30. The Hall–Kier alpha value is -1.34. The zero-order valence-corrected chi connectivity index (χ0v) is 11.7. The van der Waals surface area contributed by atoms with Gasteiger partial charge in [-0.2, -0.15) is 0 Å². The van der Waals surface area contributed by atoms with Crippen molar-refractivity contribution in [1.82, 2.24) is 0 Å². The van der Waals surface area contributed by atoms with Crippen molar-refractivity contribution < 1.29 is 0 Å². The summed E-state index contributed by atoms with van der Waals surface area (Å²) in [4.78, 5) is 0. The summed E-state index contributed by atoms with van der Waals surface area (Å²) in [6.45, 7) is 7.30. The molecule has 0 unspecified atom stereocenters. The van der Waals surface area contributed by atoms with E-state index in [1.807, 2.05) is 0 Å². The molecule has 0 aromatic heterocycles. The van der Waals surface area contributed by atoms with Crippen molar-refractivity contribution in [3.05, 3.63) is 53.6 Å². The van der Waals surface area contributed by atoms with Gasteiger partial charge in [0.2, 0.25) is 0 Å². The van der Waals surface area contributed by atoms with E-state index in [1.165, 1.54) is 16.7 Å². The van der Waals surface area contributed by atoms with Crippen LogP contribution in [0.2, 0.25) is 19.6 Å². The molecule has 0 radical (unpaired) electrons. The minimum atomic E-state index is -1.26. The topological polar surface area (TPSA) is 0 Å². The average molecular weight is 238 g/mol. The Kier molecular flexibility index (Phi) is 2.27. The molecule has 1 aliphatic rings. The maximum atomic E-state index is 2.43. The van der Waals surface area contributed by atoms with Gasteiger partial charge in [-0.3, -0.25) is 0 Å². The first-order valence-electron chi connectivity index (χ1n) is 6.28. The molecule has 3 rings (SSSR count). The van der Waals surface area contributed by atoms with E-state index in [2.05, 4.69) is 62.1 Å². The van der Waals surface area contributed by atoms with Crippen molar-refractivity contribution in [2.24, 2.45) is 0 Å². The molecule has 0 N–H and O–H groups in total. The van der Waals surface area contributed by atoms with Gasteiger partial charge >= 0.3 is 0 Å². The summed E-state index contributed by atoms with van der Waals surface area (Å²) in [5.41, 5.74) is 6.03. The fraction of sp³-hybridized carbons (Fsp3) is 0.250. The molecule has 0 nitrogen and oxygen atoms in total. The Bertz CT molecular complexity index is 576. The normalized spacial score (nSPS) is 13.4. The molecule has 17 heavy (non-hydrogen) atoms. The smallest absolute Gasteiger partial charge is 0.0656 e. The third kappa shape index (κ3) is 1.66. The Labute approximate surface area is 104 Å². The Morgan fingerprint density at radius 2 is 1.53 bits per heavy atom. The summed E-state index contributed by atoms with van der Waals surface area (Å²) in [5, 5.41) is 1.61. The highest BCUT2D eigenvalue weighted by atomic mass is 28.3. The zero-order valence-electron chi connectivity index (χ0n) is 10.7. The largest absolute Gasteiger partial charge is 0.0784 e. The van der Waals surface area contributed by atoms with Crippen LogP contribution in [0.4, 0.5) is 0 Å². The highest BCUT2D eigenvalue weighted by Gasteiger charge is 2.26. The summed E-state index contributed by atoms with van der Waals surface area (Å²) in [7, 11) is -1.26. The van der Waals surface area contributed by atoms with Gasteiger partial charge in [-0.25, -0.2) is 0 Å². The van der Waals surface area contributed by atoms with Gasteiger partial charge in [0.15, 0.2) is 0 Å². The lowest BCUT2D eigenvalue weighted by atomic mass is 10.1. The summed E-state index contributed by atoms with van der Waals surface area (Å²) < 4.78 is 0. The molecule has 1 heteroatoms. The van der Waals surface area contributed by atoms with E-state index in [0.29, 0.717) is 0 Å². The van der Waals surface area contributed by atoms with E-state index in [-0.39, 0.29) is 0 Å². The molecule has 0 saturated heterocycles. The van der Waals surface area contributed by atoms with Gasteiger partial charge in [0.1, 0.15) is 0 Å². The molecule has 0 aliphatic heterocycles. The van der Waals surface area contributed by atoms with Crippen LogP contribution in [-0.4, -0.2) is 8.07 Å². The van der Waals surface area contributed by atoms with Crippen molar-refractivity contribution in [3.63, 3.8) is 0 Å². The number of hydrogen-bond donors (Lipinski definition) is 0. The van der Waals surface area contributed by atoms with Crippen LogP contribution in [0.25, 0.3) is 11.1 Å². The van der Waals surface area contributed by atoms with E-state index in [0.717, 1.165) is 6.42 Å². The molecule has 0 atom stereocenters. The summed E-state index contributed by atoms with van der Waals surface area (Å²) in [6, 6.07) is 15.7. The summed E-state index contributed by atoms with van der Waals surface area (Å²) in [5.74, 6) is 0. The second kappa shape index (κ2) is 3.57. The van der Waals surface area contributed by atoms with E-state index < -0.39 is 8.07 Å². The molecule has 0 heterocycles. The van der Waals surface area contributed by atoms with Gasteiger partial charge < -0.3 is 0 Å². The molecule has 86 valence electrons. The first-order valence-corrected chi connectivity index (χ1v) is 9.78. The van der Waals surface area contributed by atoms with E-state index >= 15 is 0 Å². The molecule has 0 bridgehead atoms. The number of rotatable bonds is 1. The molecular formula is C16H18Si. The van der Waals surface area contributed by atoms with Crippen LogP contribution in [0.15, 0.2) is 42.5 Å². The van der Waals surface area contributed by atoms with Crippen LogP contribution in [0.3, 0.4) is 0 Å². The fourth-order valence-electron chi connectivity index (χ4n) is 2.81. The minimum absolute atomic E-state index is 1.11. The van der Waals surface area contributed by atoms with Crippen LogP contribution < -0.4 is 5.19 Å². The standard InChI is InChI=1S/C16H18Si/c1-17(2,3)15-10-6-8-13-11-12-7-4-5-9-14(12)16(13)15/h4-10H,11H2,1-3H3. The molecule has 0 saturated carbocycles. The quantitative estimate of drug-likeness (QED) is 0.566. The number of benzene rings is 2. The summed E-state index contributed by atoms with van der Waals surface area (Å²) in [6.07, 6.45) is 1.11. The van der Waals surface area contributed by atoms with Crippen molar-refractivity contribution in [2.75, 3.05) is 0 Å².